The molecule has 0 atom stereocenters. The third-order valence-electron chi connectivity index (χ3n) is 3.69. The van der Waals surface area contributed by atoms with Gasteiger partial charge in [-0.1, -0.05) is 42.8 Å². The molecule has 0 unspecified atom stereocenters. The summed E-state index contributed by atoms with van der Waals surface area (Å²) in [6, 6.07) is 16.3. The molecule has 0 saturated heterocycles. The fraction of sp³-hybridized carbons (Fsp3) is 0.167. The maximum absolute atomic E-state index is 6.23. The van der Waals surface area contributed by atoms with Crippen LogP contribution in [0, 0.1) is 0 Å². The van der Waals surface area contributed by atoms with Gasteiger partial charge in [-0.25, -0.2) is 0 Å². The average Bonchev–Trinajstić information content (AvgIpc) is 2.55. The molecule has 0 saturated carbocycles. The minimum atomic E-state index is 0.734. The topological polar surface area (TPSA) is 24.9 Å². The molecule has 1 N–H and O–H groups in total. The lowest BCUT2D eigenvalue weighted by Gasteiger charge is -2.12. The van der Waals surface area contributed by atoms with Gasteiger partial charge in [-0.2, -0.15) is 0 Å². The fourth-order valence-corrected chi connectivity index (χ4v) is 2.76. The predicted octanol–water partition coefficient (Wildman–Crippen LogP) is 5.06. The number of hydrogen-bond donors (Lipinski definition) is 1. The van der Waals surface area contributed by atoms with E-state index in [1.807, 2.05) is 24.3 Å². The lowest BCUT2D eigenvalue weighted by atomic mass is 10.1. The van der Waals surface area contributed by atoms with Crippen molar-refractivity contribution in [3.8, 4) is 0 Å². The van der Waals surface area contributed by atoms with Crippen LogP contribution in [0.25, 0.3) is 10.9 Å². The van der Waals surface area contributed by atoms with E-state index < -0.39 is 0 Å². The highest BCUT2D eigenvalue weighted by Crippen LogP contribution is 2.28. The molecular weight excluding hydrogens is 280 g/mol. The number of fused-ring (bicyclic) bond motifs is 1. The first-order chi connectivity index (χ1) is 10.3. The molecule has 3 aromatic rings. The van der Waals surface area contributed by atoms with Crippen molar-refractivity contribution in [1.82, 2.24) is 4.98 Å². The normalized spacial score (nSPS) is 10.8. The summed E-state index contributed by atoms with van der Waals surface area (Å²) in [5, 5.41) is 5.20. The molecule has 0 aliphatic heterocycles. The quantitative estimate of drug-likeness (QED) is 0.727. The van der Waals surface area contributed by atoms with Crippen molar-refractivity contribution in [2.45, 2.75) is 19.9 Å². The summed E-state index contributed by atoms with van der Waals surface area (Å²) >= 11 is 6.23. The highest BCUT2D eigenvalue weighted by Gasteiger charge is 2.06. The van der Waals surface area contributed by atoms with Gasteiger partial charge in [0.25, 0.3) is 0 Å². The first-order valence-electron chi connectivity index (χ1n) is 7.13. The van der Waals surface area contributed by atoms with E-state index in [2.05, 4.69) is 41.5 Å². The molecule has 3 heteroatoms. The molecule has 0 radical (unpaired) electrons. The van der Waals surface area contributed by atoms with Gasteiger partial charge in [0.05, 0.1) is 16.2 Å². The predicted molar refractivity (Wildman–Crippen MR) is 89.9 cm³/mol. The number of halogens is 1. The van der Waals surface area contributed by atoms with Crippen LogP contribution in [0.5, 0.6) is 0 Å². The van der Waals surface area contributed by atoms with Crippen LogP contribution in [0.1, 0.15) is 18.1 Å². The Morgan fingerprint density at radius 3 is 2.62 bits per heavy atom. The van der Waals surface area contributed by atoms with E-state index in [4.69, 9.17) is 11.6 Å². The molecule has 0 spiro atoms. The Hall–Kier alpha value is -2.06. The average molecular weight is 297 g/mol. The van der Waals surface area contributed by atoms with Crippen molar-refractivity contribution >= 4 is 28.2 Å². The first-order valence-corrected chi connectivity index (χ1v) is 7.51. The summed E-state index contributed by atoms with van der Waals surface area (Å²) in [5.74, 6) is 0. The zero-order chi connectivity index (χ0) is 14.7. The van der Waals surface area contributed by atoms with Crippen molar-refractivity contribution < 1.29 is 0 Å². The number of aromatic nitrogens is 1. The maximum Gasteiger partial charge on any atom is 0.0948 e. The van der Waals surface area contributed by atoms with E-state index in [0.29, 0.717) is 0 Å². The number of benzene rings is 2. The van der Waals surface area contributed by atoms with Gasteiger partial charge < -0.3 is 5.32 Å². The number of anilines is 1. The summed E-state index contributed by atoms with van der Waals surface area (Å²) in [6.07, 6.45) is 2.83. The van der Waals surface area contributed by atoms with Crippen LogP contribution < -0.4 is 5.32 Å². The molecule has 0 fully saturated rings. The van der Waals surface area contributed by atoms with Crippen LogP contribution in [-0.2, 0) is 13.0 Å². The third kappa shape index (κ3) is 2.86. The van der Waals surface area contributed by atoms with E-state index >= 15 is 0 Å². The standard InChI is InChI=1S/C18H17ClN2/c1-2-13-6-3-4-7-14(13)12-21-17-10-9-16(19)15-8-5-11-20-18(15)17/h3-11,21H,2,12H2,1H3. The van der Waals surface area contributed by atoms with Gasteiger partial charge in [-0.3, -0.25) is 4.98 Å². The van der Waals surface area contributed by atoms with E-state index in [9.17, 15) is 0 Å². The molecule has 21 heavy (non-hydrogen) atoms. The van der Waals surface area contributed by atoms with E-state index in [-0.39, 0.29) is 0 Å². The number of nitrogens with zero attached hydrogens (tertiary/aromatic N) is 1. The van der Waals surface area contributed by atoms with Crippen LogP contribution >= 0.6 is 11.6 Å². The number of nitrogens with one attached hydrogen (secondary N) is 1. The second kappa shape index (κ2) is 6.15. The smallest absolute Gasteiger partial charge is 0.0948 e. The molecule has 0 amide bonds. The van der Waals surface area contributed by atoms with Gasteiger partial charge in [0, 0.05) is 18.1 Å². The Bertz CT molecular complexity index is 768. The molecule has 2 aromatic carbocycles. The van der Waals surface area contributed by atoms with Crippen molar-refractivity contribution in [2.24, 2.45) is 0 Å². The minimum Gasteiger partial charge on any atom is -0.379 e. The van der Waals surface area contributed by atoms with Gasteiger partial charge in [0.1, 0.15) is 0 Å². The Morgan fingerprint density at radius 2 is 1.81 bits per heavy atom. The van der Waals surface area contributed by atoms with E-state index in [0.717, 1.165) is 34.6 Å². The Kier molecular flexibility index (Phi) is 4.07. The molecule has 106 valence electrons. The van der Waals surface area contributed by atoms with Crippen molar-refractivity contribution in [3.63, 3.8) is 0 Å². The van der Waals surface area contributed by atoms with Gasteiger partial charge >= 0.3 is 0 Å². The molecule has 0 bridgehead atoms. The second-order valence-electron chi connectivity index (χ2n) is 4.97. The SMILES string of the molecule is CCc1ccccc1CNc1ccc(Cl)c2cccnc12. The molecule has 2 nitrogen and oxygen atoms in total. The molecule has 1 heterocycles. The van der Waals surface area contributed by atoms with Crippen LogP contribution in [-0.4, -0.2) is 4.98 Å². The molecule has 0 aliphatic rings. The zero-order valence-electron chi connectivity index (χ0n) is 11.9. The summed E-state index contributed by atoms with van der Waals surface area (Å²) in [6.45, 7) is 2.97. The number of hydrogen-bond acceptors (Lipinski definition) is 2. The highest BCUT2D eigenvalue weighted by atomic mass is 35.5. The lowest BCUT2D eigenvalue weighted by molar-refractivity contribution is 1.04. The second-order valence-corrected chi connectivity index (χ2v) is 5.38. The lowest BCUT2D eigenvalue weighted by Crippen LogP contribution is -2.03. The number of pyridine rings is 1. The van der Waals surface area contributed by atoms with Crippen molar-refractivity contribution in [3.05, 3.63) is 70.9 Å². The minimum absolute atomic E-state index is 0.734. The van der Waals surface area contributed by atoms with Gasteiger partial charge in [-0.05, 0) is 41.8 Å². The van der Waals surface area contributed by atoms with Gasteiger partial charge in [-0.15, -0.1) is 0 Å². The fourth-order valence-electron chi connectivity index (χ4n) is 2.55. The summed E-state index contributed by atoms with van der Waals surface area (Å²) in [5.41, 5.74) is 4.62. The van der Waals surface area contributed by atoms with E-state index in [1.54, 1.807) is 6.20 Å². The van der Waals surface area contributed by atoms with E-state index in [1.165, 1.54) is 11.1 Å². The summed E-state index contributed by atoms with van der Waals surface area (Å²) < 4.78 is 0. The monoisotopic (exact) mass is 296 g/mol. The maximum atomic E-state index is 6.23. The molecule has 1 aromatic heterocycles. The number of aryl methyl sites for hydroxylation is 1. The van der Waals surface area contributed by atoms with Gasteiger partial charge in [0.15, 0.2) is 0 Å². The summed E-state index contributed by atoms with van der Waals surface area (Å²) in [7, 11) is 0. The molecule has 3 rings (SSSR count). The highest BCUT2D eigenvalue weighted by molar-refractivity contribution is 6.35. The number of rotatable bonds is 4. The first kappa shape index (κ1) is 13.9. The largest absolute Gasteiger partial charge is 0.379 e. The van der Waals surface area contributed by atoms with Crippen LogP contribution in [0.15, 0.2) is 54.7 Å². The Balaban J connectivity index is 1.91. The third-order valence-corrected chi connectivity index (χ3v) is 4.01. The molecule has 0 aliphatic carbocycles. The van der Waals surface area contributed by atoms with Crippen LogP contribution in [0.4, 0.5) is 5.69 Å². The Labute approximate surface area is 129 Å². The Morgan fingerprint density at radius 1 is 1.00 bits per heavy atom. The van der Waals surface area contributed by atoms with Crippen molar-refractivity contribution in [2.75, 3.05) is 5.32 Å². The summed E-state index contributed by atoms with van der Waals surface area (Å²) in [4.78, 5) is 4.45. The van der Waals surface area contributed by atoms with Gasteiger partial charge in [0.2, 0.25) is 0 Å². The van der Waals surface area contributed by atoms with Crippen LogP contribution in [0.3, 0.4) is 0 Å². The molecular formula is C18H17ClN2. The van der Waals surface area contributed by atoms with Crippen LogP contribution in [0.2, 0.25) is 5.02 Å². The van der Waals surface area contributed by atoms with Crippen molar-refractivity contribution in [1.29, 1.82) is 0 Å². The zero-order valence-corrected chi connectivity index (χ0v) is 12.7.